The lowest BCUT2D eigenvalue weighted by atomic mass is 9.89. The highest BCUT2D eigenvalue weighted by atomic mass is 32.1. The van der Waals surface area contributed by atoms with E-state index in [1.54, 1.807) is 7.11 Å². The molecule has 1 aliphatic rings. The molecule has 1 aromatic carbocycles. The Bertz CT molecular complexity index is 617. The van der Waals surface area contributed by atoms with Crippen LogP contribution in [-0.4, -0.2) is 18.0 Å². The molecule has 0 spiro atoms. The molecule has 106 valence electrons. The maximum Gasteiger partial charge on any atom is 0.229 e. The first-order valence-electron chi connectivity index (χ1n) is 7.02. The lowest BCUT2D eigenvalue weighted by molar-refractivity contribution is -0.120. The molecule has 1 heterocycles. The lowest BCUT2D eigenvalue weighted by Crippen LogP contribution is -2.24. The molecule has 1 N–H and O–H groups in total. The number of nitrogens with zero attached hydrogens (tertiary/aromatic N) is 1. The second-order valence-electron chi connectivity index (χ2n) is 5.18. The maximum absolute atomic E-state index is 12.2. The highest BCUT2D eigenvalue weighted by Crippen LogP contribution is 2.30. The second-order valence-corrected chi connectivity index (χ2v) is 6.21. The van der Waals surface area contributed by atoms with Crippen LogP contribution in [0, 0.1) is 5.92 Å². The molecule has 20 heavy (non-hydrogen) atoms. The third-order valence-electron chi connectivity index (χ3n) is 3.80. The summed E-state index contributed by atoms with van der Waals surface area (Å²) < 4.78 is 6.23. The molecule has 0 aliphatic heterocycles. The number of aromatic nitrogens is 1. The number of amides is 1. The van der Waals surface area contributed by atoms with Crippen LogP contribution in [0.2, 0.25) is 0 Å². The van der Waals surface area contributed by atoms with E-state index in [2.05, 4.69) is 10.3 Å². The first kappa shape index (κ1) is 13.4. The van der Waals surface area contributed by atoms with Gasteiger partial charge in [-0.05, 0) is 31.0 Å². The summed E-state index contributed by atoms with van der Waals surface area (Å²) in [5, 5.41) is 3.65. The summed E-state index contributed by atoms with van der Waals surface area (Å²) >= 11 is 1.50. The van der Waals surface area contributed by atoms with Crippen LogP contribution in [0.25, 0.3) is 10.2 Å². The predicted molar refractivity (Wildman–Crippen MR) is 81.4 cm³/mol. The topological polar surface area (TPSA) is 51.2 Å². The normalized spacial score (nSPS) is 16.2. The van der Waals surface area contributed by atoms with Crippen LogP contribution < -0.4 is 10.1 Å². The van der Waals surface area contributed by atoms with Gasteiger partial charge in [-0.25, -0.2) is 4.98 Å². The SMILES string of the molecule is COc1ccc2nc(NC(=O)C3CCCCC3)sc2c1. The van der Waals surface area contributed by atoms with Crippen molar-refractivity contribution in [3.05, 3.63) is 18.2 Å². The van der Waals surface area contributed by atoms with Crippen LogP contribution in [0.3, 0.4) is 0 Å². The fraction of sp³-hybridized carbons (Fsp3) is 0.467. The summed E-state index contributed by atoms with van der Waals surface area (Å²) in [4.78, 5) is 16.7. The van der Waals surface area contributed by atoms with Crippen molar-refractivity contribution >= 4 is 32.6 Å². The Kier molecular flexibility index (Phi) is 3.87. The lowest BCUT2D eigenvalue weighted by Gasteiger charge is -2.19. The van der Waals surface area contributed by atoms with Crippen LogP contribution >= 0.6 is 11.3 Å². The Balaban J connectivity index is 1.75. The molecular formula is C15H18N2O2S. The molecule has 3 rings (SSSR count). The van der Waals surface area contributed by atoms with E-state index in [0.29, 0.717) is 5.13 Å². The van der Waals surface area contributed by atoms with Gasteiger partial charge < -0.3 is 10.1 Å². The number of hydrogen-bond donors (Lipinski definition) is 1. The summed E-state index contributed by atoms with van der Waals surface area (Å²) in [5.41, 5.74) is 0.898. The van der Waals surface area contributed by atoms with Gasteiger partial charge in [-0.2, -0.15) is 0 Å². The van der Waals surface area contributed by atoms with Gasteiger partial charge in [0.2, 0.25) is 5.91 Å². The van der Waals surface area contributed by atoms with Crippen LogP contribution in [0.15, 0.2) is 18.2 Å². The Labute approximate surface area is 122 Å². The second kappa shape index (κ2) is 5.79. The highest BCUT2D eigenvalue weighted by Gasteiger charge is 2.21. The van der Waals surface area contributed by atoms with E-state index >= 15 is 0 Å². The molecule has 0 unspecified atom stereocenters. The minimum absolute atomic E-state index is 0.121. The number of nitrogens with one attached hydrogen (secondary N) is 1. The molecule has 2 aromatic rings. The zero-order valence-electron chi connectivity index (χ0n) is 11.5. The molecule has 1 aromatic heterocycles. The molecule has 1 amide bonds. The standard InChI is InChI=1S/C15H18N2O2S/c1-19-11-7-8-12-13(9-11)20-15(16-12)17-14(18)10-5-3-2-4-6-10/h7-10H,2-6H2,1H3,(H,16,17,18). The third-order valence-corrected chi connectivity index (χ3v) is 4.74. The van der Waals surface area contributed by atoms with Crippen molar-refractivity contribution in [1.82, 2.24) is 4.98 Å². The van der Waals surface area contributed by atoms with Gasteiger partial charge in [0, 0.05) is 5.92 Å². The smallest absolute Gasteiger partial charge is 0.229 e. The number of methoxy groups -OCH3 is 1. The molecule has 5 heteroatoms. The number of thiazole rings is 1. The van der Waals surface area contributed by atoms with Crippen molar-refractivity contribution in [2.24, 2.45) is 5.92 Å². The first-order chi connectivity index (χ1) is 9.76. The number of carbonyl (C=O) groups excluding carboxylic acids is 1. The van der Waals surface area contributed by atoms with Gasteiger partial charge in [0.05, 0.1) is 17.3 Å². The number of ether oxygens (including phenoxy) is 1. The van der Waals surface area contributed by atoms with Gasteiger partial charge in [-0.15, -0.1) is 0 Å². The summed E-state index contributed by atoms with van der Waals surface area (Å²) in [6, 6.07) is 5.75. The number of benzene rings is 1. The quantitative estimate of drug-likeness (QED) is 0.934. The summed E-state index contributed by atoms with van der Waals surface area (Å²) in [7, 11) is 1.65. The van der Waals surface area contributed by atoms with Gasteiger partial charge in [-0.3, -0.25) is 4.79 Å². The number of carbonyl (C=O) groups is 1. The van der Waals surface area contributed by atoms with E-state index < -0.39 is 0 Å². The van der Waals surface area contributed by atoms with Gasteiger partial charge in [0.15, 0.2) is 5.13 Å². The van der Waals surface area contributed by atoms with Crippen molar-refractivity contribution in [2.75, 3.05) is 12.4 Å². The molecule has 1 aliphatic carbocycles. The van der Waals surface area contributed by atoms with Gasteiger partial charge in [0.25, 0.3) is 0 Å². The summed E-state index contributed by atoms with van der Waals surface area (Å²) in [5.74, 6) is 1.09. The van der Waals surface area contributed by atoms with Crippen LogP contribution in [0.1, 0.15) is 32.1 Å². The zero-order valence-corrected chi connectivity index (χ0v) is 12.3. The van der Waals surface area contributed by atoms with Crippen molar-refractivity contribution in [2.45, 2.75) is 32.1 Å². The van der Waals surface area contributed by atoms with E-state index in [1.807, 2.05) is 18.2 Å². The zero-order chi connectivity index (χ0) is 13.9. The van der Waals surface area contributed by atoms with Crippen LogP contribution in [0.5, 0.6) is 5.75 Å². The molecule has 0 saturated heterocycles. The monoisotopic (exact) mass is 290 g/mol. The Morgan fingerprint density at radius 1 is 1.35 bits per heavy atom. The Morgan fingerprint density at radius 2 is 2.15 bits per heavy atom. The maximum atomic E-state index is 12.2. The average Bonchev–Trinajstić information content (AvgIpc) is 2.89. The van der Waals surface area contributed by atoms with E-state index in [1.165, 1.54) is 17.8 Å². The molecule has 0 bridgehead atoms. The number of fused-ring (bicyclic) bond motifs is 1. The Morgan fingerprint density at radius 3 is 2.90 bits per heavy atom. The predicted octanol–water partition coefficient (Wildman–Crippen LogP) is 3.82. The number of anilines is 1. The van der Waals surface area contributed by atoms with Crippen molar-refractivity contribution < 1.29 is 9.53 Å². The summed E-state index contributed by atoms with van der Waals surface area (Å²) in [6.45, 7) is 0. The fourth-order valence-corrected chi connectivity index (χ4v) is 3.55. The largest absolute Gasteiger partial charge is 0.497 e. The van der Waals surface area contributed by atoms with Crippen molar-refractivity contribution in [3.8, 4) is 5.75 Å². The molecular weight excluding hydrogens is 272 g/mol. The van der Waals surface area contributed by atoms with E-state index in [0.717, 1.165) is 41.6 Å². The van der Waals surface area contributed by atoms with Gasteiger partial charge in [-0.1, -0.05) is 30.6 Å². The minimum atomic E-state index is 0.121. The van der Waals surface area contributed by atoms with E-state index in [9.17, 15) is 4.79 Å². The van der Waals surface area contributed by atoms with Crippen molar-refractivity contribution in [3.63, 3.8) is 0 Å². The number of rotatable bonds is 3. The summed E-state index contributed by atoms with van der Waals surface area (Å²) in [6.07, 6.45) is 5.59. The molecule has 0 atom stereocenters. The van der Waals surface area contributed by atoms with E-state index in [4.69, 9.17) is 4.74 Å². The van der Waals surface area contributed by atoms with Crippen molar-refractivity contribution in [1.29, 1.82) is 0 Å². The van der Waals surface area contributed by atoms with E-state index in [-0.39, 0.29) is 11.8 Å². The van der Waals surface area contributed by atoms with Gasteiger partial charge in [0.1, 0.15) is 5.75 Å². The molecule has 1 fully saturated rings. The van der Waals surface area contributed by atoms with Crippen LogP contribution in [0.4, 0.5) is 5.13 Å². The first-order valence-corrected chi connectivity index (χ1v) is 7.83. The Hall–Kier alpha value is -1.62. The third kappa shape index (κ3) is 2.77. The fourth-order valence-electron chi connectivity index (χ4n) is 2.66. The highest BCUT2D eigenvalue weighted by molar-refractivity contribution is 7.22. The minimum Gasteiger partial charge on any atom is -0.497 e. The van der Waals surface area contributed by atoms with Gasteiger partial charge >= 0.3 is 0 Å². The number of hydrogen-bond acceptors (Lipinski definition) is 4. The molecule has 1 saturated carbocycles. The molecule has 0 radical (unpaired) electrons. The molecule has 4 nitrogen and oxygen atoms in total. The average molecular weight is 290 g/mol. The van der Waals surface area contributed by atoms with Crippen LogP contribution in [-0.2, 0) is 4.79 Å².